The van der Waals surface area contributed by atoms with E-state index in [4.69, 9.17) is 16.3 Å². The predicted molar refractivity (Wildman–Crippen MR) is 100 cm³/mol. The highest BCUT2D eigenvalue weighted by Crippen LogP contribution is 2.48. The van der Waals surface area contributed by atoms with E-state index < -0.39 is 0 Å². The monoisotopic (exact) mass is 336 g/mol. The number of benzene rings is 1. The summed E-state index contributed by atoms with van der Waals surface area (Å²) in [5, 5.41) is 7.08. The van der Waals surface area contributed by atoms with E-state index in [0.29, 0.717) is 17.7 Å². The molecule has 1 aromatic carbocycles. The standard InChI is InChI=1S/C20H24N4O/c21-20(24-22)14-6-7-16-18(12-14)25-17-5-3-1-2-4-15(17)19(16)13-8-10-23-11-9-13/h1-2,4-7,12-13,19,23H,3,8-11,22H2,(H2,21,24). The first-order valence-corrected chi connectivity index (χ1v) is 8.91. The van der Waals surface area contributed by atoms with Crippen LogP contribution in [0.2, 0.25) is 0 Å². The third kappa shape index (κ3) is 2.96. The number of nitrogens with one attached hydrogen (secondary N) is 1. The van der Waals surface area contributed by atoms with Crippen LogP contribution < -0.4 is 21.6 Å². The second kappa shape index (κ2) is 6.76. The van der Waals surface area contributed by atoms with Gasteiger partial charge < -0.3 is 21.6 Å². The van der Waals surface area contributed by atoms with Gasteiger partial charge in [0.2, 0.25) is 0 Å². The fourth-order valence-electron chi connectivity index (χ4n) is 4.07. The average molecular weight is 336 g/mol. The number of piperidine rings is 1. The molecule has 2 aliphatic heterocycles. The van der Waals surface area contributed by atoms with Crippen LogP contribution in [-0.4, -0.2) is 18.9 Å². The number of nitrogens with two attached hydrogens (primary N) is 2. The third-order valence-corrected chi connectivity index (χ3v) is 5.33. The van der Waals surface area contributed by atoms with Gasteiger partial charge in [-0.3, -0.25) is 0 Å². The first-order chi connectivity index (χ1) is 12.3. The molecule has 0 bridgehead atoms. The molecular weight excluding hydrogens is 312 g/mol. The molecule has 2 heterocycles. The summed E-state index contributed by atoms with van der Waals surface area (Å²) in [6, 6.07) is 6.08. The third-order valence-electron chi connectivity index (χ3n) is 5.33. The number of amidine groups is 1. The second-order valence-corrected chi connectivity index (χ2v) is 6.79. The van der Waals surface area contributed by atoms with Crippen molar-refractivity contribution >= 4 is 5.84 Å². The number of rotatable bonds is 2. The zero-order valence-electron chi connectivity index (χ0n) is 14.2. The Morgan fingerprint density at radius 1 is 1.24 bits per heavy atom. The Bertz CT molecular complexity index is 785. The molecule has 130 valence electrons. The van der Waals surface area contributed by atoms with Crippen molar-refractivity contribution in [2.24, 2.45) is 22.6 Å². The number of ether oxygens (including phenoxy) is 1. The average Bonchev–Trinajstić information content (AvgIpc) is 2.90. The van der Waals surface area contributed by atoms with Crippen LogP contribution in [0.5, 0.6) is 5.75 Å². The van der Waals surface area contributed by atoms with E-state index in [2.05, 4.69) is 40.8 Å². The van der Waals surface area contributed by atoms with E-state index in [9.17, 15) is 0 Å². The van der Waals surface area contributed by atoms with Crippen molar-refractivity contribution in [3.05, 3.63) is 65.0 Å². The van der Waals surface area contributed by atoms with Crippen molar-refractivity contribution in [2.75, 3.05) is 13.1 Å². The molecule has 3 aliphatic rings. The van der Waals surface area contributed by atoms with Crippen molar-refractivity contribution in [1.29, 1.82) is 0 Å². The van der Waals surface area contributed by atoms with Crippen molar-refractivity contribution in [1.82, 2.24) is 5.32 Å². The van der Waals surface area contributed by atoms with Crippen molar-refractivity contribution in [2.45, 2.75) is 25.2 Å². The lowest BCUT2D eigenvalue weighted by atomic mass is 9.73. The van der Waals surface area contributed by atoms with Crippen molar-refractivity contribution in [3.63, 3.8) is 0 Å². The highest BCUT2D eigenvalue weighted by Gasteiger charge is 2.36. The summed E-state index contributed by atoms with van der Waals surface area (Å²) in [6.45, 7) is 2.15. The van der Waals surface area contributed by atoms with Gasteiger partial charge in [0, 0.05) is 22.6 Å². The maximum Gasteiger partial charge on any atom is 0.150 e. The van der Waals surface area contributed by atoms with Crippen LogP contribution in [0.15, 0.2) is 58.9 Å². The molecule has 0 spiro atoms. The quantitative estimate of drug-likeness (QED) is 0.335. The molecule has 1 aromatic rings. The number of hydrogen-bond donors (Lipinski definition) is 3. The van der Waals surface area contributed by atoms with Crippen LogP contribution in [0.3, 0.4) is 0 Å². The SMILES string of the molecule is N/N=C(\N)c1ccc2c(c1)OC1=CCC=CC=C1C2C1CCNCC1. The molecule has 4 rings (SSSR count). The minimum Gasteiger partial charge on any atom is -0.457 e. The van der Waals surface area contributed by atoms with Crippen LogP contribution in [0.1, 0.15) is 36.3 Å². The molecule has 1 atom stereocenters. The molecule has 1 fully saturated rings. The minimum absolute atomic E-state index is 0.322. The molecular formula is C20H24N4O. The first kappa shape index (κ1) is 16.0. The maximum absolute atomic E-state index is 6.26. The first-order valence-electron chi connectivity index (χ1n) is 8.91. The number of allylic oxidation sites excluding steroid dienone is 5. The van der Waals surface area contributed by atoms with E-state index in [1.165, 1.54) is 24.0 Å². The van der Waals surface area contributed by atoms with Gasteiger partial charge in [-0.2, -0.15) is 5.10 Å². The van der Waals surface area contributed by atoms with Crippen molar-refractivity contribution < 1.29 is 4.74 Å². The maximum atomic E-state index is 6.26. The number of hydrazone groups is 1. The summed E-state index contributed by atoms with van der Waals surface area (Å²) in [5.74, 6) is 8.47. The Kier molecular flexibility index (Phi) is 4.32. The lowest BCUT2D eigenvalue weighted by Crippen LogP contribution is -2.33. The van der Waals surface area contributed by atoms with Gasteiger partial charge in [0.25, 0.3) is 0 Å². The fraction of sp³-hybridized carbons (Fsp3) is 0.350. The summed E-state index contributed by atoms with van der Waals surface area (Å²) in [7, 11) is 0. The Hall–Kier alpha value is -2.53. The van der Waals surface area contributed by atoms with Gasteiger partial charge in [-0.15, -0.1) is 0 Å². The largest absolute Gasteiger partial charge is 0.457 e. The summed E-state index contributed by atoms with van der Waals surface area (Å²) in [5.41, 5.74) is 9.21. The van der Waals surface area contributed by atoms with Gasteiger partial charge >= 0.3 is 0 Å². The molecule has 0 radical (unpaired) electrons. The lowest BCUT2D eigenvalue weighted by molar-refractivity contribution is 0.306. The van der Waals surface area contributed by atoms with E-state index in [1.807, 2.05) is 12.1 Å². The smallest absolute Gasteiger partial charge is 0.150 e. The van der Waals surface area contributed by atoms with E-state index in [1.54, 1.807) is 0 Å². The highest BCUT2D eigenvalue weighted by molar-refractivity contribution is 5.97. The molecule has 0 saturated carbocycles. The van der Waals surface area contributed by atoms with E-state index in [-0.39, 0.29) is 0 Å². The topological polar surface area (TPSA) is 85.7 Å². The van der Waals surface area contributed by atoms with Crippen LogP contribution >= 0.6 is 0 Å². The Balaban J connectivity index is 1.82. The number of fused-ring (bicyclic) bond motifs is 2. The van der Waals surface area contributed by atoms with Crippen LogP contribution in [0, 0.1) is 5.92 Å². The Labute approximate surface area is 148 Å². The molecule has 1 aliphatic carbocycles. The summed E-state index contributed by atoms with van der Waals surface area (Å²) in [6.07, 6.45) is 11.9. The van der Waals surface area contributed by atoms with Crippen LogP contribution in [-0.2, 0) is 0 Å². The second-order valence-electron chi connectivity index (χ2n) is 6.79. The molecule has 5 N–H and O–H groups in total. The molecule has 25 heavy (non-hydrogen) atoms. The van der Waals surface area contributed by atoms with Crippen molar-refractivity contribution in [3.8, 4) is 5.75 Å². The lowest BCUT2D eigenvalue weighted by Gasteiger charge is -2.37. The van der Waals surface area contributed by atoms with Gasteiger partial charge in [-0.25, -0.2) is 0 Å². The summed E-state index contributed by atoms with van der Waals surface area (Å²) in [4.78, 5) is 0. The number of nitrogens with zero attached hydrogens (tertiary/aromatic N) is 1. The molecule has 5 heteroatoms. The minimum atomic E-state index is 0.322. The highest BCUT2D eigenvalue weighted by atomic mass is 16.5. The van der Waals surface area contributed by atoms with Gasteiger partial charge in [-0.1, -0.05) is 30.4 Å². The van der Waals surface area contributed by atoms with Gasteiger partial charge in [-0.05, 0) is 50.4 Å². The normalized spacial score (nSPS) is 23.7. The molecule has 1 saturated heterocycles. The zero-order chi connectivity index (χ0) is 17.2. The summed E-state index contributed by atoms with van der Waals surface area (Å²) < 4.78 is 6.26. The predicted octanol–water partition coefficient (Wildman–Crippen LogP) is 2.51. The van der Waals surface area contributed by atoms with Crippen LogP contribution in [0.4, 0.5) is 0 Å². The Morgan fingerprint density at radius 3 is 2.88 bits per heavy atom. The number of hydrogen-bond acceptors (Lipinski definition) is 4. The molecule has 1 unspecified atom stereocenters. The zero-order valence-corrected chi connectivity index (χ0v) is 14.2. The summed E-state index contributed by atoms with van der Waals surface area (Å²) >= 11 is 0. The molecule has 0 amide bonds. The van der Waals surface area contributed by atoms with Gasteiger partial charge in [0.05, 0.1) is 0 Å². The Morgan fingerprint density at radius 2 is 2.08 bits per heavy atom. The van der Waals surface area contributed by atoms with E-state index >= 15 is 0 Å². The van der Waals surface area contributed by atoms with Crippen LogP contribution in [0.25, 0.3) is 0 Å². The molecule has 0 aromatic heterocycles. The van der Waals surface area contributed by atoms with Gasteiger partial charge in [0.1, 0.15) is 17.3 Å². The fourth-order valence-corrected chi connectivity index (χ4v) is 4.07. The van der Waals surface area contributed by atoms with Gasteiger partial charge in [0.15, 0.2) is 0 Å². The molecule has 5 nitrogen and oxygen atoms in total. The van der Waals surface area contributed by atoms with E-state index in [0.717, 1.165) is 36.6 Å².